The Kier molecular flexibility index (Phi) is 4.27. The lowest BCUT2D eigenvalue weighted by Crippen LogP contribution is -1.91. The average molecular weight is 362 g/mol. The lowest BCUT2D eigenvalue weighted by Gasteiger charge is -2.06. The van der Waals surface area contributed by atoms with Gasteiger partial charge in [0.25, 0.3) is 0 Å². The Morgan fingerprint density at radius 2 is 1.89 bits per heavy atom. The van der Waals surface area contributed by atoms with Crippen molar-refractivity contribution in [1.82, 2.24) is 30.4 Å². The highest BCUT2D eigenvalue weighted by Crippen LogP contribution is 2.33. The monoisotopic (exact) mass is 362 g/mol. The summed E-state index contributed by atoms with van der Waals surface area (Å²) in [6.45, 7) is 6.09. The molecule has 0 bridgehead atoms. The van der Waals surface area contributed by atoms with E-state index < -0.39 is 0 Å². The molecule has 0 fully saturated rings. The Morgan fingerprint density at radius 1 is 1.04 bits per heavy atom. The third kappa shape index (κ3) is 3.23. The summed E-state index contributed by atoms with van der Waals surface area (Å²) in [4.78, 5) is 12.8. The summed E-state index contributed by atoms with van der Waals surface area (Å²) in [7, 11) is 0. The van der Waals surface area contributed by atoms with E-state index in [-0.39, 0.29) is 11.7 Å². The summed E-state index contributed by atoms with van der Waals surface area (Å²) in [5.74, 6) is 0.718. The first-order valence-corrected chi connectivity index (χ1v) is 8.73. The normalized spacial score (nSPS) is 11.3. The number of hydrogen-bond donors (Lipinski definition) is 2. The van der Waals surface area contributed by atoms with Crippen molar-refractivity contribution in [3.05, 3.63) is 59.9 Å². The molecule has 27 heavy (non-hydrogen) atoms. The van der Waals surface area contributed by atoms with Crippen LogP contribution in [0.2, 0.25) is 0 Å². The number of aryl methyl sites for hydroxylation is 1. The summed E-state index contributed by atoms with van der Waals surface area (Å²) in [5, 5.41) is 10.3. The van der Waals surface area contributed by atoms with E-state index in [0.29, 0.717) is 11.3 Å². The van der Waals surface area contributed by atoms with Crippen LogP contribution in [0.15, 0.2) is 42.6 Å². The van der Waals surface area contributed by atoms with Gasteiger partial charge in [-0.2, -0.15) is 15.4 Å². The molecule has 0 amide bonds. The molecule has 0 aliphatic heterocycles. The second-order valence-corrected chi connectivity index (χ2v) is 6.71. The van der Waals surface area contributed by atoms with Crippen molar-refractivity contribution in [3.63, 3.8) is 0 Å². The smallest absolute Gasteiger partial charge is 0.132 e. The van der Waals surface area contributed by atoms with E-state index in [1.165, 1.54) is 12.3 Å². The van der Waals surface area contributed by atoms with Gasteiger partial charge in [0, 0.05) is 22.7 Å². The predicted molar refractivity (Wildman–Crippen MR) is 101 cm³/mol. The van der Waals surface area contributed by atoms with Crippen molar-refractivity contribution >= 4 is 0 Å². The molecule has 4 aromatic rings. The lowest BCUT2D eigenvalue weighted by molar-refractivity contribution is 0.631. The predicted octanol–water partition coefficient (Wildman–Crippen LogP) is 4.49. The van der Waals surface area contributed by atoms with E-state index in [1.54, 1.807) is 12.1 Å². The largest absolute Gasteiger partial charge is 0.340 e. The minimum atomic E-state index is -0.359. The maximum atomic E-state index is 14.3. The Morgan fingerprint density at radius 3 is 2.59 bits per heavy atom. The quantitative estimate of drug-likeness (QED) is 0.560. The van der Waals surface area contributed by atoms with Gasteiger partial charge in [-0.15, -0.1) is 0 Å². The summed E-state index contributed by atoms with van der Waals surface area (Å²) in [6.07, 6.45) is 1.50. The van der Waals surface area contributed by atoms with Crippen molar-refractivity contribution < 1.29 is 4.39 Å². The number of benzene rings is 1. The molecule has 7 heteroatoms. The number of imidazole rings is 1. The van der Waals surface area contributed by atoms with Gasteiger partial charge in [-0.3, -0.25) is 4.98 Å². The summed E-state index contributed by atoms with van der Waals surface area (Å²) < 4.78 is 14.3. The molecular weight excluding hydrogens is 343 g/mol. The number of aromatic amines is 2. The molecule has 0 spiro atoms. The molecule has 0 aliphatic carbocycles. The van der Waals surface area contributed by atoms with Gasteiger partial charge in [-0.1, -0.05) is 19.9 Å². The number of rotatable bonds is 4. The first kappa shape index (κ1) is 17.1. The van der Waals surface area contributed by atoms with Crippen LogP contribution in [0, 0.1) is 12.7 Å². The number of aromatic nitrogens is 6. The Hall–Kier alpha value is -3.35. The highest BCUT2D eigenvalue weighted by Gasteiger charge is 2.19. The zero-order valence-corrected chi connectivity index (χ0v) is 15.3. The van der Waals surface area contributed by atoms with E-state index in [2.05, 4.69) is 39.2 Å². The summed E-state index contributed by atoms with van der Waals surface area (Å²) in [6, 6.07) is 10.7. The van der Waals surface area contributed by atoms with Gasteiger partial charge in [-0.25, -0.2) is 9.37 Å². The van der Waals surface area contributed by atoms with Crippen LogP contribution in [0.25, 0.3) is 33.9 Å². The molecule has 1 aromatic carbocycles. The molecule has 6 nitrogen and oxygen atoms in total. The van der Waals surface area contributed by atoms with Crippen molar-refractivity contribution in [1.29, 1.82) is 0 Å². The highest BCUT2D eigenvalue weighted by molar-refractivity contribution is 5.79. The Balaban J connectivity index is 1.90. The van der Waals surface area contributed by atoms with Gasteiger partial charge in [0.2, 0.25) is 0 Å². The van der Waals surface area contributed by atoms with Crippen LogP contribution in [-0.2, 0) is 0 Å². The maximum absolute atomic E-state index is 14.3. The van der Waals surface area contributed by atoms with Crippen LogP contribution in [-0.4, -0.2) is 30.4 Å². The van der Waals surface area contributed by atoms with Gasteiger partial charge in [0.15, 0.2) is 0 Å². The molecule has 0 aliphatic rings. The number of nitrogens with zero attached hydrogens (tertiary/aromatic N) is 4. The number of nitrogens with one attached hydrogen (secondary N) is 2. The van der Waals surface area contributed by atoms with E-state index in [0.717, 1.165) is 34.2 Å². The van der Waals surface area contributed by atoms with Gasteiger partial charge in [0.05, 0.1) is 23.3 Å². The molecule has 0 atom stereocenters. The fourth-order valence-corrected chi connectivity index (χ4v) is 2.94. The number of halogens is 1. The molecule has 0 saturated heterocycles. The van der Waals surface area contributed by atoms with Gasteiger partial charge in [-0.05, 0) is 37.3 Å². The van der Waals surface area contributed by atoms with Crippen LogP contribution >= 0.6 is 0 Å². The van der Waals surface area contributed by atoms with Crippen molar-refractivity contribution in [2.24, 2.45) is 0 Å². The summed E-state index contributed by atoms with van der Waals surface area (Å²) in [5.41, 5.74) is 4.89. The first-order valence-electron chi connectivity index (χ1n) is 8.73. The number of pyridine rings is 1. The Labute approximate surface area is 155 Å². The van der Waals surface area contributed by atoms with E-state index in [9.17, 15) is 4.39 Å². The molecule has 136 valence electrons. The Bertz CT molecular complexity index is 1080. The molecular formula is C20H19FN6. The zero-order chi connectivity index (χ0) is 19.0. The van der Waals surface area contributed by atoms with Crippen LogP contribution in [0.4, 0.5) is 4.39 Å². The van der Waals surface area contributed by atoms with Gasteiger partial charge >= 0.3 is 0 Å². The topological polar surface area (TPSA) is 83.1 Å². The fourth-order valence-electron chi connectivity index (χ4n) is 2.94. The molecule has 0 radical (unpaired) electrons. The van der Waals surface area contributed by atoms with E-state index in [1.807, 2.05) is 25.1 Å². The van der Waals surface area contributed by atoms with Crippen molar-refractivity contribution in [2.45, 2.75) is 26.7 Å². The summed E-state index contributed by atoms with van der Waals surface area (Å²) >= 11 is 0. The number of hydrogen-bond acceptors (Lipinski definition) is 4. The minimum Gasteiger partial charge on any atom is -0.340 e. The average Bonchev–Trinajstić information content (AvgIpc) is 3.32. The zero-order valence-electron chi connectivity index (χ0n) is 15.3. The lowest BCUT2D eigenvalue weighted by atomic mass is 10.0. The third-order valence-electron chi connectivity index (χ3n) is 4.34. The number of H-pyrrole nitrogens is 2. The molecule has 3 aromatic heterocycles. The van der Waals surface area contributed by atoms with E-state index >= 15 is 0 Å². The SMILES string of the molecule is Cc1cccc(-c2[nH]c(C(C)C)nc2-c2ccc(F)c(-c3cn[nH]n3)c2)n1. The molecule has 0 unspecified atom stereocenters. The van der Waals surface area contributed by atoms with E-state index in [4.69, 9.17) is 4.98 Å². The maximum Gasteiger partial charge on any atom is 0.132 e. The first-order chi connectivity index (χ1) is 13.0. The molecule has 0 saturated carbocycles. The molecule has 4 rings (SSSR count). The van der Waals surface area contributed by atoms with Crippen molar-refractivity contribution in [2.75, 3.05) is 0 Å². The minimum absolute atomic E-state index is 0.220. The fraction of sp³-hybridized carbons (Fsp3) is 0.200. The highest BCUT2D eigenvalue weighted by atomic mass is 19.1. The van der Waals surface area contributed by atoms with Gasteiger partial charge in [0.1, 0.15) is 17.3 Å². The second-order valence-electron chi connectivity index (χ2n) is 6.71. The molecule has 2 N–H and O–H groups in total. The van der Waals surface area contributed by atoms with Crippen LogP contribution in [0.5, 0.6) is 0 Å². The van der Waals surface area contributed by atoms with Crippen LogP contribution in [0.3, 0.4) is 0 Å². The second kappa shape index (κ2) is 6.75. The van der Waals surface area contributed by atoms with Crippen molar-refractivity contribution in [3.8, 4) is 33.9 Å². The van der Waals surface area contributed by atoms with Crippen LogP contribution in [0.1, 0.15) is 31.3 Å². The molecule has 3 heterocycles. The van der Waals surface area contributed by atoms with Crippen LogP contribution < -0.4 is 0 Å². The standard InChI is InChI=1S/C20H19FN6/c1-11(2)20-24-18(19(25-20)16-6-4-5-12(3)23-16)13-7-8-15(21)14(9-13)17-10-22-27-26-17/h4-11H,1-3H3,(H,24,25)(H,22,26,27). The third-order valence-corrected chi connectivity index (χ3v) is 4.34. The van der Waals surface area contributed by atoms with Gasteiger partial charge < -0.3 is 4.98 Å².